The number of hydrogen-bond donors (Lipinski definition) is 0. The van der Waals surface area contributed by atoms with Crippen LogP contribution in [0.3, 0.4) is 0 Å². The highest BCUT2D eigenvalue weighted by Gasteiger charge is 2.16. The Hall–Kier alpha value is 0.510. The molecule has 0 radical (unpaired) electrons. The Balaban J connectivity index is 2.79. The molecule has 0 N–H and O–H groups in total. The lowest BCUT2D eigenvalue weighted by Gasteiger charge is -2.13. The van der Waals surface area contributed by atoms with Crippen molar-refractivity contribution in [3.63, 3.8) is 0 Å². The number of benzene rings is 1. The quantitative estimate of drug-likeness (QED) is 0.439. The van der Waals surface area contributed by atoms with Crippen LogP contribution >= 0.6 is 71.3 Å². The highest BCUT2D eigenvalue weighted by atomic mass is 79.9. The summed E-state index contributed by atoms with van der Waals surface area (Å²) in [5.41, 5.74) is 2.39. The highest BCUT2D eigenvalue weighted by Crippen LogP contribution is 2.36. The van der Waals surface area contributed by atoms with E-state index in [1.807, 2.05) is 12.1 Å². The van der Waals surface area contributed by atoms with E-state index in [0.717, 1.165) is 35.9 Å². The predicted octanol–water partition coefficient (Wildman–Crippen LogP) is 6.68. The molecule has 0 fully saturated rings. The number of hydrogen-bond acceptors (Lipinski definition) is 2. The van der Waals surface area contributed by atoms with Gasteiger partial charge in [-0.1, -0.05) is 29.8 Å². The Labute approximate surface area is 147 Å². The van der Waals surface area contributed by atoms with Gasteiger partial charge in [-0.15, -0.1) is 11.3 Å². The van der Waals surface area contributed by atoms with E-state index >= 15 is 0 Å². The van der Waals surface area contributed by atoms with Crippen molar-refractivity contribution in [3.05, 3.63) is 40.1 Å². The lowest BCUT2D eigenvalue weighted by molar-refractivity contribution is 0.896. The number of thiazole rings is 1. The molecule has 0 bridgehead atoms. The second-order valence-electron chi connectivity index (χ2n) is 4.00. The van der Waals surface area contributed by atoms with E-state index in [4.69, 9.17) is 12.2 Å². The Morgan fingerprint density at radius 2 is 1.68 bits per heavy atom. The number of aromatic nitrogens is 1. The van der Waals surface area contributed by atoms with E-state index in [2.05, 4.69) is 66.2 Å². The van der Waals surface area contributed by atoms with Crippen molar-refractivity contribution in [3.8, 4) is 5.69 Å². The van der Waals surface area contributed by atoms with Gasteiger partial charge in [0.1, 0.15) is 0 Å². The minimum atomic E-state index is 0.900. The molecule has 1 aromatic heterocycles. The van der Waals surface area contributed by atoms with Crippen LogP contribution in [-0.4, -0.2) is 4.57 Å². The molecule has 0 unspecified atom stereocenters. The van der Waals surface area contributed by atoms with E-state index in [9.17, 15) is 0 Å². The van der Waals surface area contributed by atoms with Crippen LogP contribution in [0.1, 0.15) is 24.4 Å². The second-order valence-corrected chi connectivity index (χ2v) is 8.35. The normalized spacial score (nSPS) is 11.0. The molecule has 19 heavy (non-hydrogen) atoms. The molecule has 1 aromatic carbocycles. The molecule has 102 valence electrons. The molecule has 0 amide bonds. The lowest BCUT2D eigenvalue weighted by Crippen LogP contribution is -2.03. The maximum Gasteiger partial charge on any atom is 0.166 e. The molecule has 0 aliphatic heterocycles. The van der Waals surface area contributed by atoms with E-state index in [1.54, 1.807) is 11.3 Å². The standard InChI is InChI=1S/C13H12Br3NS2/c1-3-10-11(4-2)19-13(18)17(10)12-8(15)5-7(14)6-9(12)16/h5-6H,3-4H2,1-2H3. The molecule has 2 rings (SSSR count). The zero-order valence-electron chi connectivity index (χ0n) is 10.5. The zero-order valence-corrected chi connectivity index (χ0v) is 16.9. The van der Waals surface area contributed by atoms with Gasteiger partial charge in [0.25, 0.3) is 0 Å². The smallest absolute Gasteiger partial charge is 0.166 e. The van der Waals surface area contributed by atoms with Gasteiger partial charge in [0.15, 0.2) is 3.95 Å². The molecule has 0 aliphatic rings. The molecule has 0 atom stereocenters. The predicted molar refractivity (Wildman–Crippen MR) is 96.3 cm³/mol. The van der Waals surface area contributed by atoms with Crippen molar-refractivity contribution in [1.82, 2.24) is 4.57 Å². The molecule has 0 aliphatic carbocycles. The van der Waals surface area contributed by atoms with Crippen LogP contribution in [0.25, 0.3) is 5.69 Å². The van der Waals surface area contributed by atoms with Gasteiger partial charge in [-0.25, -0.2) is 0 Å². The maximum absolute atomic E-state index is 5.56. The molecule has 0 saturated carbocycles. The number of halogens is 3. The monoisotopic (exact) mass is 483 g/mol. The van der Waals surface area contributed by atoms with Crippen molar-refractivity contribution < 1.29 is 0 Å². The van der Waals surface area contributed by atoms with E-state index in [0.29, 0.717) is 0 Å². The van der Waals surface area contributed by atoms with Crippen LogP contribution in [-0.2, 0) is 12.8 Å². The molecule has 0 spiro atoms. The van der Waals surface area contributed by atoms with Gasteiger partial charge < -0.3 is 0 Å². The first-order valence-electron chi connectivity index (χ1n) is 5.88. The van der Waals surface area contributed by atoms with Crippen LogP contribution in [0.2, 0.25) is 0 Å². The summed E-state index contributed by atoms with van der Waals surface area (Å²) in [4.78, 5) is 1.37. The number of rotatable bonds is 3. The second kappa shape index (κ2) is 6.52. The SMILES string of the molecule is CCc1sc(=S)n(-c2c(Br)cc(Br)cc2Br)c1CC. The van der Waals surface area contributed by atoms with Gasteiger partial charge in [-0.3, -0.25) is 4.57 Å². The van der Waals surface area contributed by atoms with Crippen LogP contribution in [0.4, 0.5) is 0 Å². The largest absolute Gasteiger partial charge is 0.293 e. The molecular formula is C13H12Br3NS2. The molecule has 1 heterocycles. The summed E-state index contributed by atoms with van der Waals surface area (Å²) in [7, 11) is 0. The third kappa shape index (κ3) is 3.07. The highest BCUT2D eigenvalue weighted by molar-refractivity contribution is 9.11. The number of nitrogens with zero attached hydrogens (tertiary/aromatic N) is 1. The maximum atomic E-state index is 5.56. The van der Waals surface area contributed by atoms with Gasteiger partial charge in [0, 0.05) is 24.0 Å². The topological polar surface area (TPSA) is 4.93 Å². The first-order chi connectivity index (χ1) is 8.99. The van der Waals surface area contributed by atoms with Crippen molar-refractivity contribution in [2.24, 2.45) is 0 Å². The van der Waals surface area contributed by atoms with Crippen molar-refractivity contribution in [1.29, 1.82) is 0 Å². The van der Waals surface area contributed by atoms with Crippen LogP contribution in [0.15, 0.2) is 25.6 Å². The average Bonchev–Trinajstić information content (AvgIpc) is 2.65. The van der Waals surface area contributed by atoms with Crippen molar-refractivity contribution >= 4 is 71.3 Å². The molecule has 6 heteroatoms. The summed E-state index contributed by atoms with van der Waals surface area (Å²) < 4.78 is 6.17. The Morgan fingerprint density at radius 3 is 2.16 bits per heavy atom. The van der Waals surface area contributed by atoms with Gasteiger partial charge >= 0.3 is 0 Å². The fraction of sp³-hybridized carbons (Fsp3) is 0.308. The third-order valence-electron chi connectivity index (χ3n) is 2.85. The van der Waals surface area contributed by atoms with Gasteiger partial charge in [-0.05, 0) is 69.1 Å². The lowest BCUT2D eigenvalue weighted by atomic mass is 10.2. The van der Waals surface area contributed by atoms with Crippen molar-refractivity contribution in [2.45, 2.75) is 26.7 Å². The molecular weight excluding hydrogens is 474 g/mol. The van der Waals surface area contributed by atoms with Gasteiger partial charge in [0.05, 0.1) is 5.69 Å². The Kier molecular flexibility index (Phi) is 5.45. The Morgan fingerprint density at radius 1 is 1.11 bits per heavy atom. The van der Waals surface area contributed by atoms with Crippen LogP contribution in [0, 0.1) is 3.95 Å². The number of aryl methyl sites for hydroxylation is 1. The minimum Gasteiger partial charge on any atom is -0.293 e. The molecule has 1 nitrogen and oxygen atoms in total. The fourth-order valence-electron chi connectivity index (χ4n) is 2.05. The van der Waals surface area contributed by atoms with E-state index in [1.165, 1.54) is 10.6 Å². The summed E-state index contributed by atoms with van der Waals surface area (Å²) in [6.45, 7) is 4.35. The summed E-state index contributed by atoms with van der Waals surface area (Å²) in [5, 5.41) is 0. The first kappa shape index (κ1) is 15.9. The molecule has 2 aromatic rings. The summed E-state index contributed by atoms with van der Waals surface area (Å²) >= 11 is 18.0. The zero-order chi connectivity index (χ0) is 14.2. The minimum absolute atomic E-state index is 0.900. The van der Waals surface area contributed by atoms with Gasteiger partial charge in [-0.2, -0.15) is 0 Å². The summed E-state index contributed by atoms with van der Waals surface area (Å²) in [5.74, 6) is 0. The molecule has 0 saturated heterocycles. The summed E-state index contributed by atoms with van der Waals surface area (Å²) in [6, 6.07) is 4.09. The first-order valence-corrected chi connectivity index (χ1v) is 9.48. The fourth-order valence-corrected chi connectivity index (χ4v) is 6.17. The van der Waals surface area contributed by atoms with Crippen molar-refractivity contribution in [2.75, 3.05) is 0 Å². The average molecular weight is 486 g/mol. The summed E-state index contributed by atoms with van der Waals surface area (Å²) in [6.07, 6.45) is 2.00. The van der Waals surface area contributed by atoms with Crippen LogP contribution < -0.4 is 0 Å². The Bertz CT molecular complexity index is 650. The van der Waals surface area contributed by atoms with E-state index < -0.39 is 0 Å². The van der Waals surface area contributed by atoms with E-state index in [-0.39, 0.29) is 0 Å². The van der Waals surface area contributed by atoms with Crippen LogP contribution in [0.5, 0.6) is 0 Å². The third-order valence-corrected chi connectivity index (χ3v) is 6.07. The van der Waals surface area contributed by atoms with Gasteiger partial charge in [0.2, 0.25) is 0 Å².